The highest BCUT2D eigenvalue weighted by Gasteiger charge is 2.15. The third kappa shape index (κ3) is 4.94. The second kappa shape index (κ2) is 8.99. The minimum absolute atomic E-state index is 0.00149. The average molecular weight is 360 g/mol. The Kier molecular flexibility index (Phi) is 6.21. The normalized spacial score (nSPS) is 10.6. The number of carbonyl (C=O) groups excluding carboxylic acids is 2. The first-order valence-corrected chi connectivity index (χ1v) is 9.26. The largest absolute Gasteiger partial charge is 0.343 e. The molecule has 3 aromatic rings. The fourth-order valence-corrected chi connectivity index (χ4v) is 3.07. The Morgan fingerprint density at radius 3 is 2.33 bits per heavy atom. The maximum absolute atomic E-state index is 12.6. The van der Waals surface area contributed by atoms with Crippen LogP contribution in [0.3, 0.4) is 0 Å². The predicted octanol–water partition coefficient (Wildman–Crippen LogP) is 4.01. The van der Waals surface area contributed by atoms with E-state index in [-0.39, 0.29) is 18.4 Å². The molecular formula is C23H24N2O2. The van der Waals surface area contributed by atoms with Gasteiger partial charge in [0.05, 0.1) is 6.54 Å². The van der Waals surface area contributed by atoms with Crippen LogP contribution in [0, 0.1) is 0 Å². The van der Waals surface area contributed by atoms with Gasteiger partial charge in [0.1, 0.15) is 0 Å². The van der Waals surface area contributed by atoms with Crippen molar-refractivity contribution >= 4 is 22.6 Å². The molecule has 4 heteroatoms. The molecule has 27 heavy (non-hydrogen) atoms. The van der Waals surface area contributed by atoms with Crippen LogP contribution in [0.25, 0.3) is 10.8 Å². The first kappa shape index (κ1) is 18.6. The number of nitrogens with zero attached hydrogens (tertiary/aromatic N) is 1. The molecule has 2 amide bonds. The molecule has 0 heterocycles. The van der Waals surface area contributed by atoms with E-state index in [0.29, 0.717) is 18.7 Å². The Morgan fingerprint density at radius 1 is 0.889 bits per heavy atom. The minimum atomic E-state index is -0.231. The molecule has 0 aliphatic heterocycles. The summed E-state index contributed by atoms with van der Waals surface area (Å²) in [6.45, 7) is 3.26. The zero-order valence-electron chi connectivity index (χ0n) is 15.5. The molecule has 0 aromatic heterocycles. The van der Waals surface area contributed by atoms with Crippen LogP contribution in [0.2, 0.25) is 0 Å². The van der Waals surface area contributed by atoms with E-state index in [2.05, 4.69) is 5.32 Å². The van der Waals surface area contributed by atoms with Crippen LogP contribution in [0.1, 0.15) is 29.3 Å². The van der Waals surface area contributed by atoms with Crippen LogP contribution >= 0.6 is 0 Å². The molecule has 4 nitrogen and oxygen atoms in total. The fraction of sp³-hybridized carbons (Fsp3) is 0.217. The van der Waals surface area contributed by atoms with Crippen LogP contribution in [0.15, 0.2) is 72.8 Å². The van der Waals surface area contributed by atoms with Gasteiger partial charge in [0.15, 0.2) is 0 Å². The lowest BCUT2D eigenvalue weighted by atomic mass is 10.1. The number of hydrogen-bond acceptors (Lipinski definition) is 2. The summed E-state index contributed by atoms with van der Waals surface area (Å²) in [5, 5.41) is 4.85. The molecular weight excluding hydrogens is 336 g/mol. The van der Waals surface area contributed by atoms with Gasteiger partial charge < -0.3 is 10.2 Å². The van der Waals surface area contributed by atoms with Crippen molar-refractivity contribution in [2.24, 2.45) is 0 Å². The fourth-order valence-electron chi connectivity index (χ4n) is 3.07. The maximum atomic E-state index is 12.6. The highest BCUT2D eigenvalue weighted by Crippen LogP contribution is 2.15. The van der Waals surface area contributed by atoms with Crippen molar-refractivity contribution in [1.29, 1.82) is 0 Å². The van der Waals surface area contributed by atoms with Gasteiger partial charge in [-0.2, -0.15) is 0 Å². The number of amides is 2. The van der Waals surface area contributed by atoms with Gasteiger partial charge in [0, 0.05) is 18.7 Å². The highest BCUT2D eigenvalue weighted by molar-refractivity contribution is 6.00. The molecule has 0 spiro atoms. The summed E-state index contributed by atoms with van der Waals surface area (Å²) in [5.74, 6) is -0.305. The predicted molar refractivity (Wildman–Crippen MR) is 108 cm³/mol. The van der Waals surface area contributed by atoms with Gasteiger partial charge in [-0.3, -0.25) is 9.59 Å². The second-order valence-corrected chi connectivity index (χ2v) is 6.55. The molecule has 138 valence electrons. The number of fused-ring (bicyclic) bond motifs is 1. The van der Waals surface area contributed by atoms with Crippen molar-refractivity contribution in [3.05, 3.63) is 83.9 Å². The molecule has 3 rings (SSSR count). The number of hydrogen-bond donors (Lipinski definition) is 1. The van der Waals surface area contributed by atoms with Crippen molar-refractivity contribution in [1.82, 2.24) is 10.2 Å². The number of rotatable bonds is 7. The van der Waals surface area contributed by atoms with Gasteiger partial charge in [0.2, 0.25) is 5.91 Å². The van der Waals surface area contributed by atoms with Crippen molar-refractivity contribution < 1.29 is 9.59 Å². The molecule has 0 saturated carbocycles. The van der Waals surface area contributed by atoms with Crippen LogP contribution in [0.4, 0.5) is 0 Å². The third-order valence-electron chi connectivity index (χ3n) is 4.47. The monoisotopic (exact) mass is 360 g/mol. The smallest absolute Gasteiger partial charge is 0.251 e. The summed E-state index contributed by atoms with van der Waals surface area (Å²) in [6, 6.07) is 23.3. The molecule has 0 aliphatic carbocycles. The molecule has 1 N–H and O–H groups in total. The standard InChI is InChI=1S/C23H24N2O2/c1-2-14-25(17-18-8-4-3-5-9-18)22(26)16-24-23(27)21-13-12-19-10-6-7-11-20(19)15-21/h3-13,15H,2,14,16-17H2,1H3,(H,24,27). The van der Waals surface area contributed by atoms with Gasteiger partial charge in [-0.15, -0.1) is 0 Å². The van der Waals surface area contributed by atoms with Gasteiger partial charge in [-0.1, -0.05) is 67.6 Å². The van der Waals surface area contributed by atoms with Gasteiger partial charge in [0.25, 0.3) is 5.91 Å². The lowest BCUT2D eigenvalue weighted by Gasteiger charge is -2.22. The summed E-state index contributed by atoms with van der Waals surface area (Å²) in [6.07, 6.45) is 0.872. The second-order valence-electron chi connectivity index (χ2n) is 6.55. The van der Waals surface area contributed by atoms with Crippen LogP contribution in [0.5, 0.6) is 0 Å². The minimum Gasteiger partial charge on any atom is -0.343 e. The zero-order valence-corrected chi connectivity index (χ0v) is 15.5. The molecule has 0 saturated heterocycles. The van der Waals surface area contributed by atoms with Crippen molar-refractivity contribution in [3.8, 4) is 0 Å². The van der Waals surface area contributed by atoms with Crippen LogP contribution in [-0.4, -0.2) is 29.8 Å². The van der Waals surface area contributed by atoms with E-state index in [4.69, 9.17) is 0 Å². The van der Waals surface area contributed by atoms with E-state index < -0.39 is 0 Å². The number of carbonyl (C=O) groups is 2. The van der Waals surface area contributed by atoms with E-state index in [1.54, 1.807) is 11.0 Å². The molecule has 0 unspecified atom stereocenters. The lowest BCUT2D eigenvalue weighted by Crippen LogP contribution is -2.40. The van der Waals surface area contributed by atoms with Crippen LogP contribution in [-0.2, 0) is 11.3 Å². The highest BCUT2D eigenvalue weighted by atomic mass is 16.2. The van der Waals surface area contributed by atoms with E-state index in [9.17, 15) is 9.59 Å². The number of benzene rings is 3. The summed E-state index contributed by atoms with van der Waals surface area (Å²) in [4.78, 5) is 26.8. The van der Waals surface area contributed by atoms with Gasteiger partial charge in [-0.25, -0.2) is 0 Å². The number of nitrogens with one attached hydrogen (secondary N) is 1. The molecule has 0 aliphatic rings. The van der Waals surface area contributed by atoms with Crippen molar-refractivity contribution in [3.63, 3.8) is 0 Å². The molecule has 0 atom stereocenters. The Hall–Kier alpha value is -3.14. The maximum Gasteiger partial charge on any atom is 0.251 e. The summed E-state index contributed by atoms with van der Waals surface area (Å²) in [7, 11) is 0. The van der Waals surface area contributed by atoms with Gasteiger partial charge >= 0.3 is 0 Å². The summed E-state index contributed by atoms with van der Waals surface area (Å²) in [5.41, 5.74) is 1.65. The lowest BCUT2D eigenvalue weighted by molar-refractivity contribution is -0.130. The Morgan fingerprint density at radius 2 is 1.59 bits per heavy atom. The third-order valence-corrected chi connectivity index (χ3v) is 4.47. The van der Waals surface area contributed by atoms with E-state index in [0.717, 1.165) is 22.8 Å². The van der Waals surface area contributed by atoms with E-state index in [1.807, 2.05) is 73.7 Å². The zero-order chi connectivity index (χ0) is 19.1. The van der Waals surface area contributed by atoms with Crippen LogP contribution < -0.4 is 5.32 Å². The molecule has 3 aromatic carbocycles. The Labute approximate surface area is 159 Å². The molecule has 0 bridgehead atoms. The average Bonchev–Trinajstić information content (AvgIpc) is 2.72. The van der Waals surface area contributed by atoms with Crippen molar-refractivity contribution in [2.45, 2.75) is 19.9 Å². The molecule has 0 radical (unpaired) electrons. The van der Waals surface area contributed by atoms with E-state index >= 15 is 0 Å². The molecule has 0 fully saturated rings. The van der Waals surface area contributed by atoms with Gasteiger partial charge in [-0.05, 0) is 34.9 Å². The quantitative estimate of drug-likeness (QED) is 0.692. The summed E-state index contributed by atoms with van der Waals surface area (Å²) < 4.78 is 0. The SMILES string of the molecule is CCCN(Cc1ccccc1)C(=O)CNC(=O)c1ccc2ccccc2c1. The Balaban J connectivity index is 1.62. The first-order valence-electron chi connectivity index (χ1n) is 9.26. The topological polar surface area (TPSA) is 49.4 Å². The van der Waals surface area contributed by atoms with Crippen molar-refractivity contribution in [2.75, 3.05) is 13.1 Å². The van der Waals surface area contributed by atoms with E-state index in [1.165, 1.54) is 0 Å². The first-order chi connectivity index (χ1) is 13.2. The Bertz CT molecular complexity index is 922. The summed E-state index contributed by atoms with van der Waals surface area (Å²) >= 11 is 0.